The van der Waals surface area contributed by atoms with Crippen LogP contribution in [0.3, 0.4) is 0 Å². The van der Waals surface area contributed by atoms with Gasteiger partial charge in [-0.2, -0.15) is 0 Å². The smallest absolute Gasteiger partial charge is 0.124 e. The van der Waals surface area contributed by atoms with Crippen LogP contribution in [-0.2, 0) is 4.79 Å². The minimum absolute atomic E-state index is 0.555. The Labute approximate surface area is 68.1 Å². The number of rotatable bonds is 3. The van der Waals surface area contributed by atoms with Crippen molar-refractivity contribution in [2.75, 3.05) is 0 Å². The third-order valence-corrected chi connectivity index (χ3v) is 1.14. The van der Waals surface area contributed by atoms with E-state index in [1.165, 1.54) is 6.08 Å². The Morgan fingerprint density at radius 2 is 2.09 bits per heavy atom. The maximum atomic E-state index is 9.87. The van der Waals surface area contributed by atoms with Gasteiger partial charge in [-0.15, -0.1) is 0 Å². The summed E-state index contributed by atoms with van der Waals surface area (Å²) in [5.74, 6) is 2.28. The van der Waals surface area contributed by atoms with E-state index >= 15 is 0 Å². The minimum Gasteiger partial charge on any atom is -0.233 e. The fraction of sp³-hybridized carbons (Fsp3) is 0.400. The average Bonchev–Trinajstić information content (AvgIpc) is 1.87. The summed E-state index contributed by atoms with van der Waals surface area (Å²) in [4.78, 5) is 9.87. The summed E-state index contributed by atoms with van der Waals surface area (Å²) in [6.07, 6.45) is 7.34. The van der Waals surface area contributed by atoms with E-state index in [-0.39, 0.29) is 0 Å². The predicted molar refractivity (Wildman–Crippen MR) is 48.0 cm³/mol. The highest BCUT2D eigenvalue weighted by atomic mass is 16.1. The molecule has 0 saturated heterocycles. The molecule has 0 aromatic carbocycles. The molecule has 0 aromatic rings. The van der Waals surface area contributed by atoms with Crippen LogP contribution in [0.4, 0.5) is 0 Å². The van der Waals surface area contributed by atoms with Gasteiger partial charge in [0.05, 0.1) is 0 Å². The Hall–Kier alpha value is -1.07. The van der Waals surface area contributed by atoms with Crippen LogP contribution in [0.1, 0.15) is 20.8 Å². The standard InChI is InChI=1S/C10H14O/c1-9(2)5-4-6-10(3)7-8-11/h4-7,9H,1-3H3/b5-4+,10-6-. The number of carbonyl (C=O) groups excluding carboxylic acids is 1. The van der Waals surface area contributed by atoms with Gasteiger partial charge < -0.3 is 0 Å². The van der Waals surface area contributed by atoms with Crippen molar-refractivity contribution in [2.45, 2.75) is 20.8 Å². The van der Waals surface area contributed by atoms with E-state index in [2.05, 4.69) is 19.9 Å². The Bertz CT molecular complexity index is 203. The monoisotopic (exact) mass is 150 g/mol. The van der Waals surface area contributed by atoms with Gasteiger partial charge in [0.25, 0.3) is 0 Å². The Balaban J connectivity index is 4.01. The van der Waals surface area contributed by atoms with Crippen molar-refractivity contribution in [3.63, 3.8) is 0 Å². The molecule has 0 bridgehead atoms. The largest absolute Gasteiger partial charge is 0.233 e. The molecule has 0 aliphatic heterocycles. The zero-order chi connectivity index (χ0) is 8.69. The van der Waals surface area contributed by atoms with Crippen LogP contribution in [0, 0.1) is 5.92 Å². The quantitative estimate of drug-likeness (QED) is 0.446. The van der Waals surface area contributed by atoms with Gasteiger partial charge >= 0.3 is 0 Å². The number of allylic oxidation sites excluding steroid dienone is 5. The first kappa shape index (κ1) is 9.93. The molecular formula is C10H14O. The molecule has 0 spiro atoms. The molecule has 0 amide bonds. The molecule has 0 saturated carbocycles. The molecule has 1 heteroatoms. The Morgan fingerprint density at radius 3 is 2.55 bits per heavy atom. The zero-order valence-corrected chi connectivity index (χ0v) is 7.29. The van der Waals surface area contributed by atoms with E-state index in [1.807, 2.05) is 19.1 Å². The summed E-state index contributed by atoms with van der Waals surface area (Å²) in [5.41, 5.74) is 0.928. The number of hydrogen-bond acceptors (Lipinski definition) is 1. The molecule has 0 aliphatic carbocycles. The molecule has 0 N–H and O–H groups in total. The van der Waals surface area contributed by atoms with E-state index in [1.54, 1.807) is 5.94 Å². The summed E-state index contributed by atoms with van der Waals surface area (Å²) in [7, 11) is 0. The van der Waals surface area contributed by atoms with Crippen LogP contribution in [0.25, 0.3) is 0 Å². The minimum atomic E-state index is 0.555. The van der Waals surface area contributed by atoms with Crippen LogP contribution >= 0.6 is 0 Å². The van der Waals surface area contributed by atoms with E-state index in [9.17, 15) is 4.79 Å². The molecule has 0 aromatic heterocycles. The first-order chi connectivity index (χ1) is 5.16. The van der Waals surface area contributed by atoms with Crippen LogP contribution in [0.15, 0.2) is 29.9 Å². The molecule has 0 heterocycles. The summed E-state index contributed by atoms with van der Waals surface area (Å²) in [6.45, 7) is 6.08. The second-order valence-electron chi connectivity index (χ2n) is 2.80. The highest BCUT2D eigenvalue weighted by Crippen LogP contribution is 1.96. The van der Waals surface area contributed by atoms with Crippen LogP contribution < -0.4 is 0 Å². The molecule has 0 aliphatic rings. The molecule has 1 nitrogen and oxygen atoms in total. The highest BCUT2D eigenvalue weighted by Gasteiger charge is 1.81. The fourth-order valence-electron chi connectivity index (χ4n) is 0.571. The highest BCUT2D eigenvalue weighted by molar-refractivity contribution is 5.52. The third-order valence-electron chi connectivity index (χ3n) is 1.14. The van der Waals surface area contributed by atoms with Gasteiger partial charge in [0.1, 0.15) is 5.94 Å². The lowest BCUT2D eigenvalue weighted by molar-refractivity contribution is 0.569. The van der Waals surface area contributed by atoms with Crippen LogP contribution in [-0.4, -0.2) is 5.94 Å². The van der Waals surface area contributed by atoms with E-state index in [4.69, 9.17) is 0 Å². The lowest BCUT2D eigenvalue weighted by atomic mass is 10.2. The molecule has 11 heavy (non-hydrogen) atoms. The van der Waals surface area contributed by atoms with E-state index in [0.717, 1.165) is 5.57 Å². The van der Waals surface area contributed by atoms with Gasteiger partial charge in [-0.05, 0) is 18.4 Å². The second-order valence-corrected chi connectivity index (χ2v) is 2.80. The molecule has 0 fully saturated rings. The molecule has 0 unspecified atom stereocenters. The molecule has 0 atom stereocenters. The van der Waals surface area contributed by atoms with Crippen molar-refractivity contribution in [1.82, 2.24) is 0 Å². The molecular weight excluding hydrogens is 136 g/mol. The second kappa shape index (κ2) is 5.70. The molecule has 0 rings (SSSR count). The van der Waals surface area contributed by atoms with Crippen molar-refractivity contribution in [3.8, 4) is 0 Å². The van der Waals surface area contributed by atoms with E-state index < -0.39 is 0 Å². The SMILES string of the molecule is C/C(C=C=O)=C/C=C/C(C)C. The van der Waals surface area contributed by atoms with Gasteiger partial charge in [0.2, 0.25) is 0 Å². The Kier molecular flexibility index (Phi) is 5.14. The van der Waals surface area contributed by atoms with E-state index in [0.29, 0.717) is 5.92 Å². The van der Waals surface area contributed by atoms with Gasteiger partial charge in [0.15, 0.2) is 0 Å². The van der Waals surface area contributed by atoms with Gasteiger partial charge in [-0.25, -0.2) is 4.79 Å². The summed E-state index contributed by atoms with van der Waals surface area (Å²) >= 11 is 0. The normalized spacial score (nSPS) is 12.2. The van der Waals surface area contributed by atoms with Crippen molar-refractivity contribution >= 4 is 5.94 Å². The first-order valence-corrected chi connectivity index (χ1v) is 3.72. The molecule has 60 valence electrons. The summed E-state index contributed by atoms with van der Waals surface area (Å²) in [5, 5.41) is 0. The Morgan fingerprint density at radius 1 is 1.45 bits per heavy atom. The van der Waals surface area contributed by atoms with Crippen LogP contribution in [0.5, 0.6) is 0 Å². The maximum Gasteiger partial charge on any atom is 0.124 e. The lowest BCUT2D eigenvalue weighted by Crippen LogP contribution is -1.75. The zero-order valence-electron chi connectivity index (χ0n) is 7.29. The summed E-state index contributed by atoms with van der Waals surface area (Å²) in [6, 6.07) is 0. The third kappa shape index (κ3) is 6.82. The van der Waals surface area contributed by atoms with Crippen molar-refractivity contribution in [2.24, 2.45) is 5.92 Å². The molecule has 0 radical (unpaired) electrons. The number of hydrogen-bond donors (Lipinski definition) is 0. The lowest BCUT2D eigenvalue weighted by Gasteiger charge is -1.90. The fourth-order valence-corrected chi connectivity index (χ4v) is 0.571. The first-order valence-electron chi connectivity index (χ1n) is 3.72. The van der Waals surface area contributed by atoms with Crippen molar-refractivity contribution in [1.29, 1.82) is 0 Å². The van der Waals surface area contributed by atoms with Crippen LogP contribution in [0.2, 0.25) is 0 Å². The maximum absolute atomic E-state index is 9.87. The van der Waals surface area contributed by atoms with Crippen molar-refractivity contribution in [3.05, 3.63) is 29.9 Å². The van der Waals surface area contributed by atoms with Crippen molar-refractivity contribution < 1.29 is 4.79 Å². The van der Waals surface area contributed by atoms with Gasteiger partial charge in [0, 0.05) is 6.08 Å². The van der Waals surface area contributed by atoms with Gasteiger partial charge in [-0.3, -0.25) is 0 Å². The topological polar surface area (TPSA) is 17.1 Å². The van der Waals surface area contributed by atoms with Gasteiger partial charge in [-0.1, -0.05) is 32.1 Å². The summed E-state index contributed by atoms with van der Waals surface area (Å²) < 4.78 is 0. The average molecular weight is 150 g/mol. The predicted octanol–water partition coefficient (Wildman–Crippen LogP) is 2.53.